The van der Waals surface area contributed by atoms with Gasteiger partial charge in [0.1, 0.15) is 0 Å². The summed E-state index contributed by atoms with van der Waals surface area (Å²) in [6, 6.07) is 5.62. The molecule has 17 heavy (non-hydrogen) atoms. The number of rotatable bonds is 3. The third kappa shape index (κ3) is 3.16. The van der Waals surface area contributed by atoms with Gasteiger partial charge in [-0.25, -0.2) is 4.98 Å². The van der Waals surface area contributed by atoms with E-state index in [-0.39, 0.29) is 0 Å². The van der Waals surface area contributed by atoms with Gasteiger partial charge >= 0.3 is 0 Å². The molecule has 0 spiro atoms. The molecule has 0 aliphatic rings. The minimum absolute atomic E-state index is 0.539. The summed E-state index contributed by atoms with van der Waals surface area (Å²) < 4.78 is 1.22. The van der Waals surface area contributed by atoms with Gasteiger partial charge in [0, 0.05) is 10.8 Å². The van der Waals surface area contributed by atoms with Crippen LogP contribution in [0.3, 0.4) is 0 Å². The van der Waals surface area contributed by atoms with Crippen LogP contribution in [0.2, 0.25) is 10.0 Å². The van der Waals surface area contributed by atoms with Crippen molar-refractivity contribution in [2.45, 2.75) is 23.3 Å². The van der Waals surface area contributed by atoms with E-state index in [1.807, 2.05) is 35.5 Å². The van der Waals surface area contributed by atoms with E-state index in [9.17, 15) is 0 Å². The summed E-state index contributed by atoms with van der Waals surface area (Å²) in [5, 5.41) is 1.68. The summed E-state index contributed by atoms with van der Waals surface area (Å²) in [5.41, 5.74) is 3.87. The summed E-state index contributed by atoms with van der Waals surface area (Å²) in [7, 11) is 0. The highest BCUT2D eigenvalue weighted by Gasteiger charge is 2.12. The number of hydrogen-bond donors (Lipinski definition) is 0. The molecule has 0 N–H and O–H groups in total. The first-order chi connectivity index (χ1) is 8.08. The molecular formula is C12H11Cl2NS2. The second kappa shape index (κ2) is 5.61. The van der Waals surface area contributed by atoms with E-state index in [1.54, 1.807) is 11.3 Å². The SMILES string of the molecule is CC(C)Sc1scnc1-c1ccc(Cl)c(Cl)c1. The van der Waals surface area contributed by atoms with Crippen molar-refractivity contribution in [3.63, 3.8) is 0 Å². The third-order valence-electron chi connectivity index (χ3n) is 2.07. The Morgan fingerprint density at radius 1 is 1.24 bits per heavy atom. The maximum atomic E-state index is 6.03. The van der Waals surface area contributed by atoms with Gasteiger partial charge in [0.05, 0.1) is 25.5 Å². The van der Waals surface area contributed by atoms with Crippen LogP contribution in [0.4, 0.5) is 0 Å². The molecule has 90 valence electrons. The van der Waals surface area contributed by atoms with Gasteiger partial charge in [0.2, 0.25) is 0 Å². The van der Waals surface area contributed by atoms with Crippen molar-refractivity contribution in [2.75, 3.05) is 0 Å². The average molecular weight is 304 g/mol. The van der Waals surface area contributed by atoms with E-state index < -0.39 is 0 Å². The standard InChI is InChI=1S/C12H11Cl2NS2/c1-7(2)17-12-11(15-6-16-12)8-3-4-9(13)10(14)5-8/h3-7H,1-2H3. The lowest BCUT2D eigenvalue weighted by Gasteiger charge is -2.05. The summed E-state index contributed by atoms with van der Waals surface area (Å²) >= 11 is 15.4. The molecule has 1 heterocycles. The molecule has 1 nitrogen and oxygen atoms in total. The highest BCUT2D eigenvalue weighted by Crippen LogP contribution is 2.37. The summed E-state index contributed by atoms with van der Waals surface area (Å²) in [4.78, 5) is 4.41. The van der Waals surface area contributed by atoms with Gasteiger partial charge in [-0.2, -0.15) is 0 Å². The van der Waals surface area contributed by atoms with Crippen molar-refractivity contribution >= 4 is 46.3 Å². The van der Waals surface area contributed by atoms with E-state index in [2.05, 4.69) is 18.8 Å². The summed E-state index contributed by atoms with van der Waals surface area (Å²) in [6.07, 6.45) is 0. The molecule has 0 bridgehead atoms. The van der Waals surface area contributed by atoms with E-state index in [0.717, 1.165) is 11.3 Å². The van der Waals surface area contributed by atoms with Crippen molar-refractivity contribution in [1.29, 1.82) is 0 Å². The predicted octanol–water partition coefficient (Wildman–Crippen LogP) is 5.62. The number of nitrogens with zero attached hydrogens (tertiary/aromatic N) is 1. The zero-order chi connectivity index (χ0) is 12.4. The van der Waals surface area contributed by atoms with Gasteiger partial charge in [0.25, 0.3) is 0 Å². The van der Waals surface area contributed by atoms with Crippen LogP contribution in [0.1, 0.15) is 13.8 Å². The summed E-state index contributed by atoms with van der Waals surface area (Å²) in [5.74, 6) is 0. The fraction of sp³-hybridized carbons (Fsp3) is 0.250. The Morgan fingerprint density at radius 2 is 2.00 bits per heavy atom. The van der Waals surface area contributed by atoms with Crippen molar-refractivity contribution in [2.24, 2.45) is 0 Å². The van der Waals surface area contributed by atoms with Crippen LogP contribution in [0.25, 0.3) is 11.3 Å². The van der Waals surface area contributed by atoms with Crippen molar-refractivity contribution < 1.29 is 0 Å². The van der Waals surface area contributed by atoms with Gasteiger partial charge in [0.15, 0.2) is 0 Å². The predicted molar refractivity (Wildman–Crippen MR) is 78.6 cm³/mol. The smallest absolute Gasteiger partial charge is 0.0949 e. The molecular weight excluding hydrogens is 293 g/mol. The average Bonchev–Trinajstić information content (AvgIpc) is 2.69. The number of aromatic nitrogens is 1. The van der Waals surface area contributed by atoms with E-state index in [1.165, 1.54) is 4.21 Å². The number of halogens is 2. The fourth-order valence-electron chi connectivity index (χ4n) is 1.37. The first kappa shape index (κ1) is 13.2. The van der Waals surface area contributed by atoms with Crippen LogP contribution in [0.5, 0.6) is 0 Å². The van der Waals surface area contributed by atoms with Crippen molar-refractivity contribution in [3.05, 3.63) is 33.8 Å². The molecule has 0 aliphatic heterocycles. The molecule has 0 radical (unpaired) electrons. The normalized spacial score (nSPS) is 11.1. The minimum Gasteiger partial charge on any atom is -0.243 e. The lowest BCUT2D eigenvalue weighted by Crippen LogP contribution is -1.86. The molecule has 0 saturated heterocycles. The number of hydrogen-bond acceptors (Lipinski definition) is 3. The van der Waals surface area contributed by atoms with Crippen LogP contribution in [-0.4, -0.2) is 10.2 Å². The second-order valence-corrected chi connectivity index (χ2v) is 7.30. The van der Waals surface area contributed by atoms with E-state index in [4.69, 9.17) is 23.2 Å². The summed E-state index contributed by atoms with van der Waals surface area (Å²) in [6.45, 7) is 4.34. The highest BCUT2D eigenvalue weighted by molar-refractivity contribution is 8.01. The minimum atomic E-state index is 0.539. The Balaban J connectivity index is 2.39. The van der Waals surface area contributed by atoms with E-state index >= 15 is 0 Å². The quantitative estimate of drug-likeness (QED) is 0.683. The van der Waals surface area contributed by atoms with Crippen LogP contribution in [0, 0.1) is 0 Å². The molecule has 1 aromatic heterocycles. The Morgan fingerprint density at radius 3 is 2.65 bits per heavy atom. The van der Waals surface area contributed by atoms with Gasteiger partial charge in [-0.05, 0) is 12.1 Å². The second-order valence-electron chi connectivity index (χ2n) is 3.78. The van der Waals surface area contributed by atoms with Gasteiger partial charge in [-0.15, -0.1) is 23.1 Å². The monoisotopic (exact) mass is 303 g/mol. The largest absolute Gasteiger partial charge is 0.243 e. The molecule has 0 saturated carbocycles. The lowest BCUT2D eigenvalue weighted by atomic mass is 10.2. The van der Waals surface area contributed by atoms with Crippen LogP contribution in [-0.2, 0) is 0 Å². The molecule has 0 aliphatic carbocycles. The lowest BCUT2D eigenvalue weighted by molar-refractivity contribution is 1.11. The van der Waals surface area contributed by atoms with Crippen LogP contribution >= 0.6 is 46.3 Å². The zero-order valence-electron chi connectivity index (χ0n) is 9.41. The molecule has 0 amide bonds. The van der Waals surface area contributed by atoms with Gasteiger partial charge in [-0.3, -0.25) is 0 Å². The molecule has 0 unspecified atom stereocenters. The fourth-order valence-corrected chi connectivity index (χ4v) is 3.84. The Bertz CT molecular complexity index is 523. The van der Waals surface area contributed by atoms with E-state index in [0.29, 0.717) is 15.3 Å². The Hall–Kier alpha value is -0.220. The van der Waals surface area contributed by atoms with Crippen LogP contribution < -0.4 is 0 Å². The first-order valence-corrected chi connectivity index (χ1v) is 7.65. The van der Waals surface area contributed by atoms with Gasteiger partial charge < -0.3 is 0 Å². The van der Waals surface area contributed by atoms with Gasteiger partial charge in [-0.1, -0.05) is 43.1 Å². The molecule has 0 fully saturated rings. The Kier molecular flexibility index (Phi) is 4.36. The molecule has 5 heteroatoms. The third-order valence-corrected chi connectivity index (χ3v) is 4.88. The molecule has 2 rings (SSSR count). The topological polar surface area (TPSA) is 12.9 Å². The number of thioether (sulfide) groups is 1. The van der Waals surface area contributed by atoms with Crippen LogP contribution in [0.15, 0.2) is 27.9 Å². The maximum Gasteiger partial charge on any atom is 0.0949 e. The molecule has 1 aromatic carbocycles. The number of thiazole rings is 1. The first-order valence-electron chi connectivity index (χ1n) is 5.13. The van der Waals surface area contributed by atoms with Crippen molar-refractivity contribution in [3.8, 4) is 11.3 Å². The number of benzene rings is 1. The van der Waals surface area contributed by atoms with Crippen molar-refractivity contribution in [1.82, 2.24) is 4.98 Å². The Labute approximate surface area is 119 Å². The molecule has 0 atom stereocenters. The maximum absolute atomic E-state index is 6.03. The highest BCUT2D eigenvalue weighted by atomic mass is 35.5. The molecule has 2 aromatic rings. The zero-order valence-corrected chi connectivity index (χ0v) is 12.6.